The van der Waals surface area contributed by atoms with E-state index in [0.717, 1.165) is 27.8 Å². The van der Waals surface area contributed by atoms with Gasteiger partial charge in [0.1, 0.15) is 12.6 Å². The van der Waals surface area contributed by atoms with Crippen LogP contribution in [0.1, 0.15) is 43.7 Å². The Bertz CT molecular complexity index is 1050. The number of carboxylic acid groups (broad SMARTS) is 1. The Morgan fingerprint density at radius 3 is 2.17 bits per heavy atom. The van der Waals surface area contributed by atoms with Gasteiger partial charge in [0.2, 0.25) is 5.91 Å². The zero-order valence-corrected chi connectivity index (χ0v) is 20.2. The van der Waals surface area contributed by atoms with E-state index < -0.39 is 30.1 Å². The molecule has 1 aliphatic rings. The third kappa shape index (κ3) is 6.93. The number of methoxy groups -OCH3 is 1. The third-order valence-corrected chi connectivity index (χ3v) is 5.95. The average molecular weight is 481 g/mol. The van der Waals surface area contributed by atoms with Gasteiger partial charge in [0.15, 0.2) is 0 Å². The van der Waals surface area contributed by atoms with Gasteiger partial charge >= 0.3 is 12.1 Å². The molecule has 0 aromatic heterocycles. The smallest absolute Gasteiger partial charge is 0.407 e. The number of hydrogen-bond acceptors (Lipinski definition) is 5. The highest BCUT2D eigenvalue weighted by molar-refractivity contribution is 5.86. The Morgan fingerprint density at radius 2 is 1.63 bits per heavy atom. The summed E-state index contributed by atoms with van der Waals surface area (Å²) in [5, 5.41) is 14.3. The lowest BCUT2D eigenvalue weighted by Gasteiger charge is -2.20. The summed E-state index contributed by atoms with van der Waals surface area (Å²) in [6, 6.07) is 15.2. The average Bonchev–Trinajstić information content (AvgIpc) is 3.16. The van der Waals surface area contributed by atoms with Gasteiger partial charge in [-0.2, -0.15) is 0 Å². The molecule has 0 radical (unpaired) electrons. The lowest BCUT2D eigenvalue weighted by molar-refractivity contribution is -0.140. The number of carbonyl (C=O) groups excluding carboxylic acids is 2. The molecule has 8 heteroatoms. The van der Waals surface area contributed by atoms with Gasteiger partial charge in [0.05, 0.1) is 12.5 Å². The molecule has 1 aliphatic carbocycles. The number of allylic oxidation sites excluding steroid dienone is 1. The second-order valence-electron chi connectivity index (χ2n) is 8.74. The Labute approximate surface area is 205 Å². The first-order valence-electron chi connectivity index (χ1n) is 11.6. The number of hydrogen-bond donors (Lipinski definition) is 3. The number of rotatable bonds is 11. The number of alkyl carbamates (subject to hydrolysis) is 1. The van der Waals surface area contributed by atoms with Crippen LogP contribution in [0, 0.1) is 0 Å². The lowest BCUT2D eigenvalue weighted by Crippen LogP contribution is -2.48. The van der Waals surface area contributed by atoms with Crippen molar-refractivity contribution in [3.63, 3.8) is 0 Å². The van der Waals surface area contributed by atoms with Crippen molar-refractivity contribution >= 4 is 18.0 Å². The van der Waals surface area contributed by atoms with Gasteiger partial charge in [-0.05, 0) is 42.5 Å². The van der Waals surface area contributed by atoms with Gasteiger partial charge < -0.3 is 25.2 Å². The monoisotopic (exact) mass is 480 g/mol. The maximum absolute atomic E-state index is 12.8. The highest BCUT2D eigenvalue weighted by Gasteiger charge is 2.29. The predicted molar refractivity (Wildman–Crippen MR) is 132 cm³/mol. The largest absolute Gasteiger partial charge is 0.481 e. The molecule has 0 fully saturated rings. The van der Waals surface area contributed by atoms with Crippen LogP contribution in [0.15, 0.2) is 60.2 Å². The third-order valence-electron chi connectivity index (χ3n) is 5.95. The first kappa shape index (κ1) is 26.0. The molecule has 3 N–H and O–H groups in total. The standard InChI is InChI=1S/C27H32N2O6/c1-17(2)12-13-24(26(32)28-15-18(34-3)14-25(30)31)29-27(33)35-16-23-21-10-6-4-8-19(21)20-9-5-7-11-22(20)23/h4-12,18,23-24H,13-16H2,1-3H3,(H,28,32)(H,29,33)(H,30,31). The van der Waals surface area contributed by atoms with Crippen LogP contribution in [0.5, 0.6) is 0 Å². The lowest BCUT2D eigenvalue weighted by atomic mass is 9.98. The Morgan fingerprint density at radius 1 is 1.03 bits per heavy atom. The number of benzene rings is 2. The van der Waals surface area contributed by atoms with Gasteiger partial charge in [-0.1, -0.05) is 60.2 Å². The summed E-state index contributed by atoms with van der Waals surface area (Å²) in [6.45, 7) is 3.95. The summed E-state index contributed by atoms with van der Waals surface area (Å²) in [4.78, 5) is 36.4. The van der Waals surface area contributed by atoms with E-state index in [2.05, 4.69) is 22.8 Å². The van der Waals surface area contributed by atoms with Crippen molar-refractivity contribution in [3.8, 4) is 11.1 Å². The van der Waals surface area contributed by atoms with Crippen molar-refractivity contribution < 1.29 is 29.0 Å². The molecule has 2 aromatic carbocycles. The molecular formula is C27H32N2O6. The van der Waals surface area contributed by atoms with Crippen molar-refractivity contribution in [3.05, 3.63) is 71.3 Å². The molecule has 8 nitrogen and oxygen atoms in total. The number of carboxylic acids is 1. The molecule has 2 unspecified atom stereocenters. The molecule has 35 heavy (non-hydrogen) atoms. The summed E-state index contributed by atoms with van der Waals surface area (Å²) in [5.41, 5.74) is 5.46. The molecule has 2 atom stereocenters. The number of aliphatic carboxylic acids is 1. The summed E-state index contributed by atoms with van der Waals surface area (Å²) in [6.07, 6.45) is 0.515. The molecule has 0 saturated carbocycles. The Hall–Kier alpha value is -3.65. The van der Waals surface area contributed by atoms with E-state index in [0.29, 0.717) is 0 Å². The van der Waals surface area contributed by atoms with Crippen LogP contribution in [0.3, 0.4) is 0 Å². The fraction of sp³-hybridized carbons (Fsp3) is 0.370. The molecule has 0 spiro atoms. The highest BCUT2D eigenvalue weighted by atomic mass is 16.5. The molecule has 2 aromatic rings. The summed E-state index contributed by atoms with van der Waals surface area (Å²) < 4.78 is 10.7. The van der Waals surface area contributed by atoms with Crippen molar-refractivity contribution in [2.75, 3.05) is 20.3 Å². The zero-order valence-electron chi connectivity index (χ0n) is 20.2. The van der Waals surface area contributed by atoms with E-state index in [1.54, 1.807) is 0 Å². The first-order valence-corrected chi connectivity index (χ1v) is 11.6. The molecule has 186 valence electrons. The van der Waals surface area contributed by atoms with Crippen LogP contribution >= 0.6 is 0 Å². The van der Waals surface area contributed by atoms with Gasteiger partial charge in [0.25, 0.3) is 0 Å². The van der Waals surface area contributed by atoms with E-state index in [1.807, 2.05) is 56.3 Å². The summed E-state index contributed by atoms with van der Waals surface area (Å²) in [5.74, 6) is -1.55. The van der Waals surface area contributed by atoms with E-state index >= 15 is 0 Å². The number of amides is 2. The second kappa shape index (κ2) is 12.2. The van der Waals surface area contributed by atoms with E-state index in [1.165, 1.54) is 7.11 Å². The quantitative estimate of drug-likeness (QED) is 0.421. The van der Waals surface area contributed by atoms with Crippen LogP contribution in [-0.4, -0.2) is 55.5 Å². The van der Waals surface area contributed by atoms with Crippen LogP contribution in [0.2, 0.25) is 0 Å². The minimum Gasteiger partial charge on any atom is -0.481 e. The normalized spacial score (nSPS) is 13.7. The Kier molecular flexibility index (Phi) is 9.03. The van der Waals surface area contributed by atoms with Crippen molar-refractivity contribution in [1.82, 2.24) is 10.6 Å². The maximum Gasteiger partial charge on any atom is 0.407 e. The molecule has 0 bridgehead atoms. The van der Waals surface area contributed by atoms with Crippen LogP contribution in [0.25, 0.3) is 11.1 Å². The fourth-order valence-electron chi connectivity index (χ4n) is 4.14. The second-order valence-corrected chi connectivity index (χ2v) is 8.74. The zero-order chi connectivity index (χ0) is 25.4. The number of ether oxygens (including phenoxy) is 2. The summed E-state index contributed by atoms with van der Waals surface area (Å²) in [7, 11) is 1.38. The van der Waals surface area contributed by atoms with Crippen LogP contribution in [0.4, 0.5) is 4.79 Å². The molecule has 2 amide bonds. The molecule has 0 saturated heterocycles. The van der Waals surface area contributed by atoms with E-state index in [-0.39, 0.29) is 31.9 Å². The van der Waals surface area contributed by atoms with Crippen LogP contribution < -0.4 is 10.6 Å². The SMILES string of the molecule is COC(CNC(=O)C(CC=C(C)C)NC(=O)OCC1c2ccccc2-c2ccccc21)CC(=O)O. The van der Waals surface area contributed by atoms with Gasteiger partial charge in [-0.15, -0.1) is 0 Å². The van der Waals surface area contributed by atoms with Crippen molar-refractivity contribution in [2.45, 2.75) is 44.8 Å². The van der Waals surface area contributed by atoms with Gasteiger partial charge in [-0.25, -0.2) is 4.79 Å². The van der Waals surface area contributed by atoms with Gasteiger partial charge in [-0.3, -0.25) is 9.59 Å². The molecule has 3 rings (SSSR count). The summed E-state index contributed by atoms with van der Waals surface area (Å²) >= 11 is 0. The Balaban J connectivity index is 1.63. The minimum atomic E-state index is -1.02. The maximum atomic E-state index is 12.8. The highest BCUT2D eigenvalue weighted by Crippen LogP contribution is 2.44. The van der Waals surface area contributed by atoms with Crippen molar-refractivity contribution in [1.29, 1.82) is 0 Å². The van der Waals surface area contributed by atoms with E-state index in [9.17, 15) is 14.4 Å². The van der Waals surface area contributed by atoms with Crippen molar-refractivity contribution in [2.24, 2.45) is 0 Å². The first-order chi connectivity index (χ1) is 16.8. The minimum absolute atomic E-state index is 0.0132. The van der Waals surface area contributed by atoms with Gasteiger partial charge in [0, 0.05) is 19.6 Å². The van der Waals surface area contributed by atoms with Crippen LogP contribution in [-0.2, 0) is 19.1 Å². The number of fused-ring (bicyclic) bond motifs is 3. The fourth-order valence-corrected chi connectivity index (χ4v) is 4.14. The number of carbonyl (C=O) groups is 3. The topological polar surface area (TPSA) is 114 Å². The van der Waals surface area contributed by atoms with E-state index in [4.69, 9.17) is 14.6 Å². The number of nitrogens with one attached hydrogen (secondary N) is 2. The predicted octanol–water partition coefficient (Wildman–Crippen LogP) is 3.86. The molecule has 0 aliphatic heterocycles. The molecular weight excluding hydrogens is 448 g/mol. The molecule has 0 heterocycles.